The quantitative estimate of drug-likeness (QED) is 0.438. The molecule has 0 fully saturated rings. The number of hydrazone groups is 1. The Morgan fingerprint density at radius 3 is 2.90 bits per heavy atom. The zero-order valence-corrected chi connectivity index (χ0v) is 11.9. The minimum absolute atomic E-state index is 0.798. The third-order valence-corrected chi connectivity index (χ3v) is 4.22. The molecule has 102 valence electrons. The van der Waals surface area contributed by atoms with E-state index >= 15 is 0 Å². The van der Waals surface area contributed by atoms with E-state index in [2.05, 4.69) is 32.6 Å². The van der Waals surface area contributed by atoms with Crippen molar-refractivity contribution in [1.82, 2.24) is 9.97 Å². The number of hydrogen-bond donors (Lipinski definition) is 2. The van der Waals surface area contributed by atoms with Crippen molar-refractivity contribution in [3.8, 4) is 0 Å². The monoisotopic (exact) mass is 292 g/mol. The predicted octanol–water partition coefficient (Wildman–Crippen LogP) is 4.22. The number of hydrogen-bond acceptors (Lipinski definition) is 4. The Morgan fingerprint density at radius 1 is 1.10 bits per heavy atom. The van der Waals surface area contributed by atoms with E-state index in [1.165, 1.54) is 0 Å². The summed E-state index contributed by atoms with van der Waals surface area (Å²) < 4.78 is 1.15. The Morgan fingerprint density at radius 2 is 1.95 bits per heavy atom. The van der Waals surface area contributed by atoms with Crippen molar-refractivity contribution in [2.24, 2.45) is 5.10 Å². The normalized spacial score (nSPS) is 11.6. The molecule has 4 nitrogen and oxygen atoms in total. The van der Waals surface area contributed by atoms with E-state index in [1.54, 1.807) is 11.3 Å². The van der Waals surface area contributed by atoms with Gasteiger partial charge in [-0.25, -0.2) is 4.98 Å². The first-order chi connectivity index (χ1) is 10.4. The minimum Gasteiger partial charge on any atom is -0.361 e. The number of aromatic amines is 1. The number of fused-ring (bicyclic) bond motifs is 2. The molecule has 0 spiro atoms. The van der Waals surface area contributed by atoms with Gasteiger partial charge in [-0.05, 0) is 18.2 Å². The van der Waals surface area contributed by atoms with E-state index in [0.717, 1.165) is 31.8 Å². The first kappa shape index (κ1) is 12.1. The van der Waals surface area contributed by atoms with Crippen LogP contribution in [-0.2, 0) is 0 Å². The van der Waals surface area contributed by atoms with Gasteiger partial charge in [0.2, 0.25) is 5.13 Å². The van der Waals surface area contributed by atoms with Crippen LogP contribution < -0.4 is 5.43 Å². The maximum Gasteiger partial charge on any atom is 0.204 e. The Kier molecular flexibility index (Phi) is 2.90. The largest absolute Gasteiger partial charge is 0.361 e. The van der Waals surface area contributed by atoms with Gasteiger partial charge in [0.15, 0.2) is 0 Å². The molecule has 0 unspecified atom stereocenters. The van der Waals surface area contributed by atoms with Crippen LogP contribution in [0.4, 0.5) is 5.13 Å². The highest BCUT2D eigenvalue weighted by molar-refractivity contribution is 7.22. The SMILES string of the molecule is C(=N\Nc1nc2ccccc2s1)/c1c[nH]c2ccccc12. The summed E-state index contributed by atoms with van der Waals surface area (Å²) in [5.74, 6) is 0. The van der Waals surface area contributed by atoms with Crippen LogP contribution in [0.15, 0.2) is 59.8 Å². The van der Waals surface area contributed by atoms with Gasteiger partial charge in [-0.1, -0.05) is 41.7 Å². The number of anilines is 1. The number of para-hydroxylation sites is 2. The van der Waals surface area contributed by atoms with Crippen molar-refractivity contribution < 1.29 is 0 Å². The molecule has 0 aliphatic carbocycles. The van der Waals surface area contributed by atoms with Crippen LogP contribution in [0.25, 0.3) is 21.1 Å². The van der Waals surface area contributed by atoms with Crippen molar-refractivity contribution in [1.29, 1.82) is 0 Å². The number of thiazole rings is 1. The Labute approximate surface area is 125 Å². The summed E-state index contributed by atoms with van der Waals surface area (Å²) in [6, 6.07) is 16.2. The number of nitrogens with one attached hydrogen (secondary N) is 2. The maximum atomic E-state index is 4.48. The second-order valence-electron chi connectivity index (χ2n) is 4.65. The summed E-state index contributed by atoms with van der Waals surface area (Å²) in [7, 11) is 0. The molecule has 4 aromatic rings. The molecular weight excluding hydrogens is 280 g/mol. The topological polar surface area (TPSA) is 53.1 Å². The number of rotatable bonds is 3. The molecule has 2 aromatic carbocycles. The smallest absolute Gasteiger partial charge is 0.204 e. The van der Waals surface area contributed by atoms with Crippen LogP contribution in [-0.4, -0.2) is 16.2 Å². The molecule has 2 aromatic heterocycles. The van der Waals surface area contributed by atoms with Crippen LogP contribution >= 0.6 is 11.3 Å². The third-order valence-electron chi connectivity index (χ3n) is 3.28. The fourth-order valence-corrected chi connectivity index (χ4v) is 3.09. The molecule has 0 bridgehead atoms. The van der Waals surface area contributed by atoms with Gasteiger partial charge in [-0.2, -0.15) is 5.10 Å². The van der Waals surface area contributed by atoms with Crippen molar-refractivity contribution in [2.75, 3.05) is 5.43 Å². The Balaban J connectivity index is 1.58. The van der Waals surface area contributed by atoms with E-state index in [4.69, 9.17) is 0 Å². The molecule has 0 amide bonds. The van der Waals surface area contributed by atoms with Gasteiger partial charge in [0.05, 0.1) is 16.4 Å². The molecular formula is C16H12N4S. The lowest BCUT2D eigenvalue weighted by Gasteiger charge is -1.92. The first-order valence-electron chi connectivity index (χ1n) is 6.61. The molecule has 0 radical (unpaired) electrons. The van der Waals surface area contributed by atoms with Crippen molar-refractivity contribution in [2.45, 2.75) is 0 Å². The van der Waals surface area contributed by atoms with Gasteiger partial charge in [-0.15, -0.1) is 0 Å². The summed E-state index contributed by atoms with van der Waals surface area (Å²) in [5.41, 5.74) is 6.16. The molecule has 0 aliphatic heterocycles. The molecule has 0 saturated carbocycles. The molecule has 0 aliphatic rings. The van der Waals surface area contributed by atoms with Gasteiger partial charge >= 0.3 is 0 Å². The average molecular weight is 292 g/mol. The van der Waals surface area contributed by atoms with Gasteiger partial charge < -0.3 is 4.98 Å². The van der Waals surface area contributed by atoms with Crippen molar-refractivity contribution in [3.63, 3.8) is 0 Å². The van der Waals surface area contributed by atoms with Crippen molar-refractivity contribution in [3.05, 3.63) is 60.3 Å². The summed E-state index contributed by atoms with van der Waals surface area (Å²) in [6.07, 6.45) is 3.76. The molecule has 4 rings (SSSR count). The Bertz CT molecular complexity index is 902. The second-order valence-corrected chi connectivity index (χ2v) is 5.68. The summed E-state index contributed by atoms with van der Waals surface area (Å²) in [6.45, 7) is 0. The number of nitrogens with zero attached hydrogens (tertiary/aromatic N) is 2. The predicted molar refractivity (Wildman–Crippen MR) is 89.1 cm³/mol. The van der Waals surface area contributed by atoms with E-state index in [-0.39, 0.29) is 0 Å². The molecule has 0 atom stereocenters. The summed E-state index contributed by atoms with van der Waals surface area (Å²) in [5, 5.41) is 6.24. The fraction of sp³-hybridized carbons (Fsp3) is 0. The lowest BCUT2D eigenvalue weighted by molar-refractivity contribution is 1.31. The van der Waals surface area contributed by atoms with E-state index in [0.29, 0.717) is 0 Å². The summed E-state index contributed by atoms with van der Waals surface area (Å²) >= 11 is 1.59. The zero-order chi connectivity index (χ0) is 14.1. The van der Waals surface area contributed by atoms with E-state index in [9.17, 15) is 0 Å². The van der Waals surface area contributed by atoms with E-state index in [1.807, 2.05) is 48.8 Å². The van der Waals surface area contributed by atoms with Crippen LogP contribution in [0.5, 0.6) is 0 Å². The third kappa shape index (κ3) is 2.28. The van der Waals surface area contributed by atoms with Crippen molar-refractivity contribution >= 4 is 43.8 Å². The fourth-order valence-electron chi connectivity index (χ4n) is 2.28. The van der Waals surface area contributed by atoms with Gasteiger partial charge in [0, 0.05) is 22.7 Å². The zero-order valence-electron chi connectivity index (χ0n) is 11.1. The van der Waals surface area contributed by atoms with Crippen LogP contribution in [0.3, 0.4) is 0 Å². The van der Waals surface area contributed by atoms with Gasteiger partial charge in [0.25, 0.3) is 0 Å². The lowest BCUT2D eigenvalue weighted by Crippen LogP contribution is -1.88. The molecule has 2 N–H and O–H groups in total. The van der Waals surface area contributed by atoms with E-state index < -0.39 is 0 Å². The number of benzene rings is 2. The highest BCUT2D eigenvalue weighted by Gasteiger charge is 2.02. The molecule has 21 heavy (non-hydrogen) atoms. The Hall–Kier alpha value is -2.66. The molecule has 5 heteroatoms. The summed E-state index contributed by atoms with van der Waals surface area (Å²) in [4.78, 5) is 7.71. The van der Waals surface area contributed by atoms with Crippen LogP contribution in [0.1, 0.15) is 5.56 Å². The molecule has 2 heterocycles. The van der Waals surface area contributed by atoms with Crippen LogP contribution in [0, 0.1) is 0 Å². The second kappa shape index (κ2) is 5.03. The highest BCUT2D eigenvalue weighted by Crippen LogP contribution is 2.25. The minimum atomic E-state index is 0.798. The van der Waals surface area contributed by atoms with Gasteiger partial charge in [0.1, 0.15) is 0 Å². The van der Waals surface area contributed by atoms with Gasteiger partial charge in [-0.3, -0.25) is 5.43 Å². The lowest BCUT2D eigenvalue weighted by atomic mass is 10.2. The number of H-pyrrole nitrogens is 1. The first-order valence-corrected chi connectivity index (χ1v) is 7.42. The molecule has 0 saturated heterocycles. The average Bonchev–Trinajstić information content (AvgIpc) is 3.11. The highest BCUT2D eigenvalue weighted by atomic mass is 32.1. The number of aromatic nitrogens is 2. The maximum absolute atomic E-state index is 4.48. The van der Waals surface area contributed by atoms with Crippen LogP contribution in [0.2, 0.25) is 0 Å². The standard InChI is InChI=1S/C16H12N4S/c1-2-6-13-12(5-1)11(9-17-13)10-18-20-16-19-14-7-3-4-8-15(14)21-16/h1-10,17H,(H,19,20)/b18-10+.